The average Bonchev–Trinajstić information content (AvgIpc) is 3.24. The van der Waals surface area contributed by atoms with Gasteiger partial charge in [-0.15, -0.1) is 0 Å². The Balaban J connectivity index is 1.70. The number of carbonyl (C=O) groups is 1. The zero-order chi connectivity index (χ0) is 22.4. The van der Waals surface area contributed by atoms with E-state index in [0.29, 0.717) is 46.0 Å². The summed E-state index contributed by atoms with van der Waals surface area (Å²) in [5.41, 5.74) is 0.656. The molecule has 0 aliphatic carbocycles. The maximum absolute atomic E-state index is 12.9. The van der Waals surface area contributed by atoms with Crippen molar-refractivity contribution in [3.8, 4) is 28.6 Å². The smallest absolute Gasteiger partial charge is 0.263 e. The third-order valence-corrected chi connectivity index (χ3v) is 4.82. The number of methoxy groups -OCH3 is 2. The van der Waals surface area contributed by atoms with Gasteiger partial charge in [-0.05, 0) is 36.8 Å². The molecule has 9 heteroatoms. The van der Waals surface area contributed by atoms with Crippen LogP contribution in [0.2, 0.25) is 5.02 Å². The molecule has 1 atom stereocenters. The molecule has 2 aromatic carbocycles. The van der Waals surface area contributed by atoms with Crippen LogP contribution in [0.1, 0.15) is 19.2 Å². The maximum atomic E-state index is 12.9. The molecule has 0 saturated carbocycles. The van der Waals surface area contributed by atoms with Gasteiger partial charge in [0.15, 0.2) is 6.10 Å². The van der Waals surface area contributed by atoms with Crippen molar-refractivity contribution in [2.24, 2.45) is 0 Å². The van der Waals surface area contributed by atoms with Crippen molar-refractivity contribution >= 4 is 17.5 Å². The zero-order valence-corrected chi connectivity index (χ0v) is 18.5. The van der Waals surface area contributed by atoms with E-state index in [9.17, 15) is 4.79 Å². The Morgan fingerprint density at radius 2 is 1.97 bits per heavy atom. The molecule has 3 rings (SSSR count). The van der Waals surface area contributed by atoms with Crippen molar-refractivity contribution in [3.05, 3.63) is 53.4 Å². The van der Waals surface area contributed by atoms with Gasteiger partial charge >= 0.3 is 0 Å². The second-order valence-corrected chi connectivity index (χ2v) is 7.18. The molecule has 1 amide bonds. The van der Waals surface area contributed by atoms with E-state index in [0.717, 1.165) is 0 Å². The standard InChI is InChI=1S/C22H24ClN3O5/c1-5-18(30-16-8-6-7-14(23)11-16)22(27)26(2)13-20-24-21(25-31-20)17-10-9-15(28-3)12-19(17)29-4/h6-12,18H,5,13H2,1-4H3/t18-/m1/s1. The summed E-state index contributed by atoms with van der Waals surface area (Å²) in [5, 5.41) is 4.56. The number of aromatic nitrogens is 2. The second kappa shape index (κ2) is 10.2. The fraction of sp³-hybridized carbons (Fsp3) is 0.318. The van der Waals surface area contributed by atoms with Crippen molar-refractivity contribution in [2.45, 2.75) is 26.0 Å². The number of halogens is 1. The lowest BCUT2D eigenvalue weighted by atomic mass is 10.2. The first-order chi connectivity index (χ1) is 14.9. The molecule has 164 valence electrons. The molecule has 3 aromatic rings. The minimum absolute atomic E-state index is 0.139. The van der Waals surface area contributed by atoms with E-state index in [1.807, 2.05) is 6.92 Å². The van der Waals surface area contributed by atoms with Gasteiger partial charge in [0, 0.05) is 18.1 Å². The third-order valence-electron chi connectivity index (χ3n) is 4.59. The van der Waals surface area contributed by atoms with E-state index < -0.39 is 6.10 Å². The molecular formula is C22H24ClN3O5. The number of ether oxygens (including phenoxy) is 3. The van der Waals surface area contributed by atoms with E-state index in [-0.39, 0.29) is 12.5 Å². The summed E-state index contributed by atoms with van der Waals surface area (Å²) in [6.07, 6.45) is -0.166. The highest BCUT2D eigenvalue weighted by atomic mass is 35.5. The van der Waals surface area contributed by atoms with Gasteiger partial charge in [-0.1, -0.05) is 29.7 Å². The predicted octanol–water partition coefficient (Wildman–Crippen LogP) is 4.22. The topological polar surface area (TPSA) is 86.9 Å². The highest BCUT2D eigenvalue weighted by molar-refractivity contribution is 6.30. The van der Waals surface area contributed by atoms with Gasteiger partial charge in [-0.3, -0.25) is 4.79 Å². The Morgan fingerprint density at radius 3 is 2.65 bits per heavy atom. The highest BCUT2D eigenvalue weighted by Crippen LogP contribution is 2.31. The fourth-order valence-electron chi connectivity index (χ4n) is 2.95. The first kappa shape index (κ1) is 22.4. The molecule has 31 heavy (non-hydrogen) atoms. The summed E-state index contributed by atoms with van der Waals surface area (Å²) >= 11 is 5.99. The average molecular weight is 446 g/mol. The lowest BCUT2D eigenvalue weighted by molar-refractivity contribution is -0.138. The van der Waals surface area contributed by atoms with Gasteiger partial charge in [0.05, 0.1) is 26.3 Å². The van der Waals surface area contributed by atoms with E-state index >= 15 is 0 Å². The van der Waals surface area contributed by atoms with Crippen LogP contribution in [0, 0.1) is 0 Å². The van der Waals surface area contributed by atoms with Crippen molar-refractivity contribution in [3.63, 3.8) is 0 Å². The van der Waals surface area contributed by atoms with Crippen LogP contribution in [0.4, 0.5) is 0 Å². The Kier molecular flexibility index (Phi) is 7.36. The van der Waals surface area contributed by atoms with Gasteiger partial charge in [0.2, 0.25) is 11.7 Å². The van der Waals surface area contributed by atoms with E-state index in [2.05, 4.69) is 10.1 Å². The number of benzene rings is 2. The van der Waals surface area contributed by atoms with Crippen molar-refractivity contribution in [2.75, 3.05) is 21.3 Å². The maximum Gasteiger partial charge on any atom is 0.263 e. The molecule has 0 aliphatic heterocycles. The van der Waals surface area contributed by atoms with Crippen LogP contribution in [0.5, 0.6) is 17.2 Å². The van der Waals surface area contributed by atoms with Crippen LogP contribution in [-0.4, -0.2) is 48.3 Å². The van der Waals surface area contributed by atoms with Crippen LogP contribution in [0.25, 0.3) is 11.4 Å². The van der Waals surface area contributed by atoms with E-state index in [1.165, 1.54) is 4.90 Å². The lowest BCUT2D eigenvalue weighted by Crippen LogP contribution is -2.39. The number of carbonyl (C=O) groups excluding carboxylic acids is 1. The Morgan fingerprint density at radius 1 is 1.16 bits per heavy atom. The minimum atomic E-state index is -0.660. The van der Waals surface area contributed by atoms with E-state index in [1.54, 1.807) is 63.7 Å². The van der Waals surface area contributed by atoms with Crippen molar-refractivity contribution in [1.82, 2.24) is 15.0 Å². The molecule has 1 heterocycles. The molecule has 0 N–H and O–H groups in total. The molecule has 0 bridgehead atoms. The van der Waals surface area contributed by atoms with Crippen LogP contribution in [0.3, 0.4) is 0 Å². The molecule has 0 radical (unpaired) electrons. The van der Waals surface area contributed by atoms with Crippen LogP contribution < -0.4 is 14.2 Å². The van der Waals surface area contributed by atoms with Gasteiger partial charge < -0.3 is 23.6 Å². The van der Waals surface area contributed by atoms with Gasteiger partial charge in [-0.25, -0.2) is 0 Å². The van der Waals surface area contributed by atoms with Crippen LogP contribution in [0.15, 0.2) is 47.0 Å². The number of rotatable bonds is 9. The van der Waals surface area contributed by atoms with Crippen LogP contribution in [-0.2, 0) is 11.3 Å². The molecule has 0 saturated heterocycles. The van der Waals surface area contributed by atoms with Gasteiger partial charge in [-0.2, -0.15) is 4.98 Å². The summed E-state index contributed by atoms with van der Waals surface area (Å²) in [7, 11) is 4.79. The van der Waals surface area contributed by atoms with Crippen LogP contribution >= 0.6 is 11.6 Å². The lowest BCUT2D eigenvalue weighted by Gasteiger charge is -2.22. The number of hydrogen-bond acceptors (Lipinski definition) is 7. The molecular weight excluding hydrogens is 422 g/mol. The summed E-state index contributed by atoms with van der Waals surface area (Å²) in [6, 6.07) is 12.2. The fourth-order valence-corrected chi connectivity index (χ4v) is 3.13. The Labute approximate surface area is 185 Å². The first-order valence-corrected chi connectivity index (χ1v) is 10.0. The third kappa shape index (κ3) is 5.46. The molecule has 0 fully saturated rings. The quantitative estimate of drug-likeness (QED) is 0.487. The van der Waals surface area contributed by atoms with Gasteiger partial charge in [0.25, 0.3) is 5.91 Å². The predicted molar refractivity (Wildman–Crippen MR) is 115 cm³/mol. The number of hydrogen-bond donors (Lipinski definition) is 0. The van der Waals surface area contributed by atoms with Crippen molar-refractivity contribution in [1.29, 1.82) is 0 Å². The molecule has 8 nitrogen and oxygen atoms in total. The monoisotopic (exact) mass is 445 g/mol. The Bertz CT molecular complexity index is 1040. The van der Waals surface area contributed by atoms with Gasteiger partial charge in [0.1, 0.15) is 17.2 Å². The molecule has 0 unspecified atom stereocenters. The largest absolute Gasteiger partial charge is 0.497 e. The second-order valence-electron chi connectivity index (χ2n) is 6.74. The SMILES string of the molecule is CC[C@@H](Oc1cccc(Cl)c1)C(=O)N(C)Cc1nc(-c2ccc(OC)cc2OC)no1. The summed E-state index contributed by atoms with van der Waals surface area (Å²) in [5.74, 6) is 2.19. The van der Waals surface area contributed by atoms with E-state index in [4.69, 9.17) is 30.3 Å². The normalized spacial score (nSPS) is 11.6. The molecule has 0 aliphatic rings. The van der Waals surface area contributed by atoms with Crippen molar-refractivity contribution < 1.29 is 23.5 Å². The Hall–Kier alpha value is -3.26. The molecule has 0 spiro atoms. The highest BCUT2D eigenvalue weighted by Gasteiger charge is 2.24. The first-order valence-electron chi connectivity index (χ1n) is 9.67. The number of nitrogens with zero attached hydrogens (tertiary/aromatic N) is 3. The zero-order valence-electron chi connectivity index (χ0n) is 17.8. The molecule has 1 aromatic heterocycles. The minimum Gasteiger partial charge on any atom is -0.497 e. The summed E-state index contributed by atoms with van der Waals surface area (Å²) in [6.45, 7) is 2.02. The summed E-state index contributed by atoms with van der Waals surface area (Å²) < 4.78 is 21.8. The summed E-state index contributed by atoms with van der Waals surface area (Å²) in [4.78, 5) is 18.7. The number of likely N-dealkylation sites (N-methyl/N-ethyl adjacent to an activating group) is 1. The number of amides is 1.